The number of hydrogen-bond acceptors (Lipinski definition) is 3. The van der Waals surface area contributed by atoms with Gasteiger partial charge in [-0.2, -0.15) is 0 Å². The second-order valence-electron chi connectivity index (χ2n) is 7.90. The molecule has 1 heterocycles. The highest BCUT2D eigenvalue weighted by Crippen LogP contribution is 2.14. The largest absolute Gasteiger partial charge is 0.467 e. The number of furan rings is 1. The van der Waals surface area contributed by atoms with E-state index >= 15 is 0 Å². The van der Waals surface area contributed by atoms with Gasteiger partial charge in [0, 0.05) is 18.7 Å². The first-order chi connectivity index (χ1) is 14.9. The van der Waals surface area contributed by atoms with Gasteiger partial charge in [-0.3, -0.25) is 9.59 Å². The first-order valence-electron chi connectivity index (χ1n) is 10.3. The second-order valence-corrected chi connectivity index (χ2v) is 7.90. The molecule has 0 aliphatic heterocycles. The van der Waals surface area contributed by atoms with Crippen molar-refractivity contribution in [3.8, 4) is 0 Å². The number of carbonyl (C=O) groups is 2. The number of hydrogen-bond donors (Lipinski definition) is 0. The summed E-state index contributed by atoms with van der Waals surface area (Å²) in [6.45, 7) is 5.03. The minimum Gasteiger partial charge on any atom is -0.467 e. The van der Waals surface area contributed by atoms with Gasteiger partial charge in [-0.05, 0) is 47.9 Å². The molecule has 0 saturated heterocycles. The van der Waals surface area contributed by atoms with Crippen LogP contribution in [0.15, 0.2) is 77.4 Å². The van der Waals surface area contributed by atoms with Gasteiger partial charge in [-0.15, -0.1) is 0 Å². The maximum Gasteiger partial charge on any atom is 0.254 e. The minimum atomic E-state index is -0.407. The Morgan fingerprint density at radius 2 is 1.61 bits per heavy atom. The first-order valence-corrected chi connectivity index (χ1v) is 10.3. The van der Waals surface area contributed by atoms with Gasteiger partial charge in [0.25, 0.3) is 5.91 Å². The zero-order valence-electron chi connectivity index (χ0n) is 17.8. The summed E-state index contributed by atoms with van der Waals surface area (Å²) in [5.74, 6) is -0.0407. The van der Waals surface area contributed by atoms with E-state index in [2.05, 4.69) is 0 Å². The van der Waals surface area contributed by atoms with Crippen molar-refractivity contribution in [2.45, 2.75) is 26.9 Å². The van der Waals surface area contributed by atoms with Crippen LogP contribution in [0.2, 0.25) is 0 Å². The van der Waals surface area contributed by atoms with Crippen LogP contribution in [-0.2, 0) is 17.9 Å². The van der Waals surface area contributed by atoms with Crippen LogP contribution in [0.3, 0.4) is 0 Å². The van der Waals surface area contributed by atoms with Crippen LogP contribution < -0.4 is 0 Å². The molecule has 0 fully saturated rings. The number of carbonyl (C=O) groups excluding carboxylic acids is 2. The summed E-state index contributed by atoms with van der Waals surface area (Å²) in [6.07, 6.45) is 1.57. The van der Waals surface area contributed by atoms with Crippen molar-refractivity contribution < 1.29 is 18.4 Å². The molecule has 1 aromatic heterocycles. The highest BCUT2D eigenvalue weighted by atomic mass is 19.1. The van der Waals surface area contributed by atoms with Crippen LogP contribution >= 0.6 is 0 Å². The molecule has 3 rings (SSSR count). The number of amides is 2. The SMILES string of the molecule is CC(C)CN(CC(=O)N(Cc1ccccc1)Cc1ccco1)C(=O)c1ccc(F)cc1. The van der Waals surface area contributed by atoms with Gasteiger partial charge in [-0.25, -0.2) is 4.39 Å². The third-order valence-corrected chi connectivity index (χ3v) is 4.79. The molecule has 0 atom stereocenters. The molecule has 0 aliphatic rings. The molecule has 0 spiro atoms. The zero-order valence-corrected chi connectivity index (χ0v) is 17.8. The summed E-state index contributed by atoms with van der Waals surface area (Å²) < 4.78 is 18.7. The molecular weight excluding hydrogens is 395 g/mol. The Labute approximate surface area is 182 Å². The average Bonchev–Trinajstić information content (AvgIpc) is 3.26. The van der Waals surface area contributed by atoms with E-state index in [1.165, 1.54) is 29.2 Å². The first kappa shape index (κ1) is 22.3. The fraction of sp³-hybridized carbons (Fsp3) is 0.280. The molecule has 0 bridgehead atoms. The van der Waals surface area contributed by atoms with Crippen molar-refractivity contribution in [1.29, 1.82) is 0 Å². The smallest absolute Gasteiger partial charge is 0.254 e. The van der Waals surface area contributed by atoms with Gasteiger partial charge in [0.2, 0.25) is 5.91 Å². The molecule has 0 saturated carbocycles. The summed E-state index contributed by atoms with van der Waals surface area (Å²) in [4.78, 5) is 29.5. The summed E-state index contributed by atoms with van der Waals surface area (Å²) in [6, 6.07) is 18.7. The third-order valence-electron chi connectivity index (χ3n) is 4.79. The van der Waals surface area contributed by atoms with Crippen LogP contribution in [-0.4, -0.2) is 34.7 Å². The van der Waals surface area contributed by atoms with Gasteiger partial charge in [0.05, 0.1) is 12.8 Å². The Hall–Kier alpha value is -3.41. The van der Waals surface area contributed by atoms with Crippen molar-refractivity contribution >= 4 is 11.8 Å². The maximum absolute atomic E-state index is 13.3. The minimum absolute atomic E-state index is 0.0675. The van der Waals surface area contributed by atoms with Crippen molar-refractivity contribution in [3.05, 3.63) is 95.7 Å². The maximum atomic E-state index is 13.3. The fourth-order valence-corrected chi connectivity index (χ4v) is 3.33. The Kier molecular flexibility index (Phi) is 7.60. The van der Waals surface area contributed by atoms with Crippen LogP contribution in [0.1, 0.15) is 35.5 Å². The van der Waals surface area contributed by atoms with Crippen LogP contribution in [0, 0.1) is 11.7 Å². The van der Waals surface area contributed by atoms with E-state index in [0.717, 1.165) is 5.56 Å². The van der Waals surface area contributed by atoms with Crippen LogP contribution in [0.4, 0.5) is 4.39 Å². The molecule has 162 valence electrons. The number of halogens is 1. The molecule has 0 aliphatic carbocycles. The highest BCUT2D eigenvalue weighted by Gasteiger charge is 2.24. The molecule has 6 heteroatoms. The fourth-order valence-electron chi connectivity index (χ4n) is 3.33. The lowest BCUT2D eigenvalue weighted by molar-refractivity contribution is -0.133. The summed E-state index contributed by atoms with van der Waals surface area (Å²) in [7, 11) is 0. The molecule has 31 heavy (non-hydrogen) atoms. The number of nitrogens with zero attached hydrogens (tertiary/aromatic N) is 2. The van der Waals surface area contributed by atoms with Crippen molar-refractivity contribution in [2.24, 2.45) is 5.92 Å². The predicted octanol–water partition coefficient (Wildman–Crippen LogP) is 4.75. The van der Waals surface area contributed by atoms with Crippen LogP contribution in [0.25, 0.3) is 0 Å². The van der Waals surface area contributed by atoms with Crippen molar-refractivity contribution in [3.63, 3.8) is 0 Å². The summed E-state index contributed by atoms with van der Waals surface area (Å²) in [5.41, 5.74) is 1.35. The molecule has 3 aromatic rings. The predicted molar refractivity (Wildman–Crippen MR) is 117 cm³/mol. The lowest BCUT2D eigenvalue weighted by atomic mass is 10.1. The molecule has 5 nitrogen and oxygen atoms in total. The number of rotatable bonds is 9. The van der Waals surface area contributed by atoms with Crippen molar-refractivity contribution in [2.75, 3.05) is 13.1 Å². The third kappa shape index (κ3) is 6.54. The van der Waals surface area contributed by atoms with Gasteiger partial charge < -0.3 is 14.2 Å². The molecular formula is C25H27FN2O3. The molecule has 0 radical (unpaired) electrons. The lowest BCUT2D eigenvalue weighted by Gasteiger charge is -2.28. The Morgan fingerprint density at radius 1 is 0.903 bits per heavy atom. The highest BCUT2D eigenvalue weighted by molar-refractivity contribution is 5.96. The molecule has 2 aromatic carbocycles. The van der Waals surface area contributed by atoms with E-state index in [-0.39, 0.29) is 24.3 Å². The Balaban J connectivity index is 1.79. The Morgan fingerprint density at radius 3 is 2.23 bits per heavy atom. The van der Waals surface area contributed by atoms with E-state index in [1.54, 1.807) is 17.2 Å². The van der Waals surface area contributed by atoms with E-state index in [0.29, 0.717) is 31.0 Å². The standard InChI is InChI=1S/C25H27FN2O3/c1-19(2)15-28(25(30)21-10-12-22(26)13-11-21)18-24(29)27(17-23-9-6-14-31-23)16-20-7-4-3-5-8-20/h3-14,19H,15-18H2,1-2H3. The molecule has 0 unspecified atom stereocenters. The van der Waals surface area contributed by atoms with Gasteiger partial charge in [0.1, 0.15) is 18.1 Å². The average molecular weight is 423 g/mol. The summed E-state index contributed by atoms with van der Waals surface area (Å²) in [5, 5.41) is 0. The molecule has 0 N–H and O–H groups in total. The van der Waals surface area contributed by atoms with E-state index < -0.39 is 5.82 Å². The van der Waals surface area contributed by atoms with E-state index in [4.69, 9.17) is 4.42 Å². The zero-order chi connectivity index (χ0) is 22.2. The Bertz CT molecular complexity index is 970. The quantitative estimate of drug-likeness (QED) is 0.500. The summed E-state index contributed by atoms with van der Waals surface area (Å²) >= 11 is 0. The lowest BCUT2D eigenvalue weighted by Crippen LogP contribution is -2.43. The van der Waals surface area contributed by atoms with E-state index in [1.807, 2.05) is 50.2 Å². The normalized spacial score (nSPS) is 10.8. The number of benzene rings is 2. The monoisotopic (exact) mass is 422 g/mol. The van der Waals surface area contributed by atoms with Gasteiger partial charge in [0.15, 0.2) is 0 Å². The topological polar surface area (TPSA) is 53.8 Å². The van der Waals surface area contributed by atoms with Gasteiger partial charge >= 0.3 is 0 Å². The van der Waals surface area contributed by atoms with Crippen LogP contribution in [0.5, 0.6) is 0 Å². The van der Waals surface area contributed by atoms with Crippen molar-refractivity contribution in [1.82, 2.24) is 9.80 Å². The second kappa shape index (κ2) is 10.6. The van der Waals surface area contributed by atoms with E-state index in [9.17, 15) is 14.0 Å². The molecule has 2 amide bonds. The van der Waals surface area contributed by atoms with Gasteiger partial charge in [-0.1, -0.05) is 44.2 Å².